The minimum Gasteiger partial charge on any atom is -0.497 e. The van der Waals surface area contributed by atoms with Gasteiger partial charge in [-0.2, -0.15) is 0 Å². The van der Waals surface area contributed by atoms with E-state index in [0.717, 1.165) is 0 Å². The molecule has 31 heavy (non-hydrogen) atoms. The van der Waals surface area contributed by atoms with Crippen LogP contribution < -0.4 is 25.4 Å². The maximum Gasteiger partial charge on any atom is 0.329 e. The molecule has 0 aliphatic carbocycles. The van der Waals surface area contributed by atoms with Crippen LogP contribution in [0.5, 0.6) is 11.5 Å². The summed E-state index contributed by atoms with van der Waals surface area (Å²) in [6, 6.07) is 2.90. The van der Waals surface area contributed by atoms with E-state index in [9.17, 15) is 19.2 Å². The molecule has 0 bridgehead atoms. The van der Waals surface area contributed by atoms with Gasteiger partial charge in [0.25, 0.3) is 11.8 Å². The van der Waals surface area contributed by atoms with Gasteiger partial charge in [0.2, 0.25) is 0 Å². The van der Waals surface area contributed by atoms with Gasteiger partial charge in [-0.25, -0.2) is 9.59 Å². The van der Waals surface area contributed by atoms with E-state index in [1.807, 2.05) is 0 Å². The summed E-state index contributed by atoms with van der Waals surface area (Å²) in [6.07, 6.45) is 0. The van der Waals surface area contributed by atoms with Crippen LogP contribution in [0.2, 0.25) is 0 Å². The highest BCUT2D eigenvalue weighted by Crippen LogP contribution is 2.22. The van der Waals surface area contributed by atoms with Gasteiger partial charge in [-0.15, -0.1) is 0 Å². The summed E-state index contributed by atoms with van der Waals surface area (Å²) in [6.45, 7) is 8.04. The number of imide groups is 1. The highest BCUT2D eigenvalue weighted by molar-refractivity contribution is 5.98. The summed E-state index contributed by atoms with van der Waals surface area (Å²) in [5.41, 5.74) is -0.303. The monoisotopic (exact) mass is 437 g/mol. The van der Waals surface area contributed by atoms with E-state index < -0.39 is 42.0 Å². The molecule has 1 rings (SSSR count). The third-order valence-electron chi connectivity index (χ3n) is 3.91. The Balaban J connectivity index is 2.75. The molecule has 3 N–H and O–H groups in total. The lowest BCUT2D eigenvalue weighted by atomic mass is 10.0. The molecule has 172 valence electrons. The predicted octanol–water partition coefficient (Wildman–Crippen LogP) is 1.63. The van der Waals surface area contributed by atoms with Crippen LogP contribution in [0, 0.1) is 5.92 Å². The molecule has 0 heterocycles. The van der Waals surface area contributed by atoms with Gasteiger partial charge < -0.3 is 24.8 Å². The second kappa shape index (κ2) is 11.2. The Morgan fingerprint density at radius 2 is 1.52 bits per heavy atom. The van der Waals surface area contributed by atoms with Crippen molar-refractivity contribution in [3.8, 4) is 11.5 Å². The molecular formula is C21H31N3O7. The zero-order valence-electron chi connectivity index (χ0n) is 19.0. The Kier molecular flexibility index (Phi) is 9.29. The van der Waals surface area contributed by atoms with Gasteiger partial charge in [-0.3, -0.25) is 14.9 Å². The van der Waals surface area contributed by atoms with Crippen LogP contribution in [0.3, 0.4) is 0 Å². The van der Waals surface area contributed by atoms with Crippen LogP contribution in [0.25, 0.3) is 0 Å². The first-order valence-corrected chi connectivity index (χ1v) is 9.69. The molecule has 0 unspecified atom stereocenters. The Labute approximate surface area is 182 Å². The van der Waals surface area contributed by atoms with Crippen molar-refractivity contribution in [2.24, 2.45) is 5.92 Å². The first kappa shape index (κ1) is 25.7. The number of amides is 4. The average Bonchev–Trinajstić information content (AvgIpc) is 2.67. The summed E-state index contributed by atoms with van der Waals surface area (Å²) < 4.78 is 15.3. The van der Waals surface area contributed by atoms with E-state index in [-0.39, 0.29) is 11.5 Å². The fraction of sp³-hybridized carbons (Fsp3) is 0.524. The molecule has 10 nitrogen and oxygen atoms in total. The van der Waals surface area contributed by atoms with E-state index in [2.05, 4.69) is 16.0 Å². The molecule has 0 aromatic heterocycles. The molecule has 0 aliphatic rings. The molecule has 1 aromatic carbocycles. The molecular weight excluding hydrogens is 406 g/mol. The normalized spacial score (nSPS) is 11.9. The van der Waals surface area contributed by atoms with E-state index in [4.69, 9.17) is 14.2 Å². The Morgan fingerprint density at radius 3 is 1.97 bits per heavy atom. The zero-order chi connectivity index (χ0) is 23.8. The largest absolute Gasteiger partial charge is 0.497 e. The molecule has 0 aliphatic heterocycles. The van der Waals surface area contributed by atoms with Crippen molar-refractivity contribution in [1.29, 1.82) is 0 Å². The van der Waals surface area contributed by atoms with Crippen molar-refractivity contribution < 1.29 is 33.4 Å². The third kappa shape index (κ3) is 8.93. The van der Waals surface area contributed by atoms with Gasteiger partial charge in [0.05, 0.1) is 14.2 Å². The summed E-state index contributed by atoms with van der Waals surface area (Å²) >= 11 is 0. The quantitative estimate of drug-likeness (QED) is 0.527. The standard InChI is InChI=1S/C21H31N3O7/c1-12(2)17(19(27)31-11-16(25)22-20(28)24-21(3,4)5)23-18(26)13-8-14(29-6)10-15(9-13)30-7/h8-10,12,17H,11H2,1-7H3,(H,23,26)(H2,22,24,25,28)/t17-/m1/s1. The third-order valence-corrected chi connectivity index (χ3v) is 3.91. The van der Waals surface area contributed by atoms with Crippen molar-refractivity contribution in [2.45, 2.75) is 46.2 Å². The number of carbonyl (C=O) groups is 4. The lowest BCUT2D eigenvalue weighted by Gasteiger charge is -2.22. The van der Waals surface area contributed by atoms with Gasteiger partial charge in [-0.1, -0.05) is 13.8 Å². The fourth-order valence-corrected chi connectivity index (χ4v) is 2.42. The second-order valence-electron chi connectivity index (χ2n) is 8.16. The molecule has 0 saturated carbocycles. The summed E-state index contributed by atoms with van der Waals surface area (Å²) in [7, 11) is 2.91. The van der Waals surface area contributed by atoms with Crippen molar-refractivity contribution in [3.63, 3.8) is 0 Å². The Hall–Kier alpha value is -3.30. The minimum atomic E-state index is -1.01. The van der Waals surface area contributed by atoms with Crippen molar-refractivity contribution in [1.82, 2.24) is 16.0 Å². The lowest BCUT2D eigenvalue weighted by molar-refractivity contribution is -0.151. The number of hydrogen-bond donors (Lipinski definition) is 3. The number of carbonyl (C=O) groups excluding carboxylic acids is 4. The molecule has 4 amide bonds. The highest BCUT2D eigenvalue weighted by atomic mass is 16.5. The van der Waals surface area contributed by atoms with Crippen LogP contribution in [-0.2, 0) is 14.3 Å². The average molecular weight is 437 g/mol. The van der Waals surface area contributed by atoms with Crippen LogP contribution >= 0.6 is 0 Å². The number of rotatable bonds is 8. The highest BCUT2D eigenvalue weighted by Gasteiger charge is 2.27. The van der Waals surface area contributed by atoms with Crippen LogP contribution in [-0.4, -0.2) is 56.2 Å². The number of ether oxygens (including phenoxy) is 3. The second-order valence-corrected chi connectivity index (χ2v) is 8.16. The number of hydrogen-bond acceptors (Lipinski definition) is 7. The molecule has 10 heteroatoms. The van der Waals surface area contributed by atoms with Gasteiger partial charge in [-0.05, 0) is 38.8 Å². The van der Waals surface area contributed by atoms with Crippen molar-refractivity contribution >= 4 is 23.8 Å². The van der Waals surface area contributed by atoms with Crippen molar-refractivity contribution in [2.75, 3.05) is 20.8 Å². The maximum absolute atomic E-state index is 12.7. The Bertz CT molecular complexity index is 793. The number of esters is 1. The molecule has 0 radical (unpaired) electrons. The first-order chi connectivity index (χ1) is 14.4. The molecule has 0 saturated heterocycles. The molecule has 0 spiro atoms. The van der Waals surface area contributed by atoms with Crippen LogP contribution in [0.1, 0.15) is 45.0 Å². The number of benzene rings is 1. The van der Waals surface area contributed by atoms with Gasteiger partial charge in [0.1, 0.15) is 17.5 Å². The van der Waals surface area contributed by atoms with E-state index in [0.29, 0.717) is 11.5 Å². The van der Waals surface area contributed by atoms with Gasteiger partial charge in [0, 0.05) is 17.2 Å². The summed E-state index contributed by atoms with van der Waals surface area (Å²) in [5.74, 6) is -1.62. The minimum absolute atomic E-state index is 0.228. The SMILES string of the molecule is COc1cc(OC)cc(C(=O)N[C@@H](C(=O)OCC(=O)NC(=O)NC(C)(C)C)C(C)C)c1. The van der Waals surface area contributed by atoms with E-state index in [1.165, 1.54) is 26.4 Å². The molecule has 1 aromatic rings. The summed E-state index contributed by atoms with van der Waals surface area (Å²) in [5, 5.41) is 7.22. The lowest BCUT2D eigenvalue weighted by Crippen LogP contribution is -2.50. The smallest absolute Gasteiger partial charge is 0.329 e. The fourth-order valence-electron chi connectivity index (χ4n) is 2.42. The van der Waals surface area contributed by atoms with E-state index >= 15 is 0 Å². The van der Waals surface area contributed by atoms with Gasteiger partial charge in [0.15, 0.2) is 6.61 Å². The number of methoxy groups -OCH3 is 2. The topological polar surface area (TPSA) is 132 Å². The Morgan fingerprint density at radius 1 is 0.968 bits per heavy atom. The number of urea groups is 1. The van der Waals surface area contributed by atoms with Crippen LogP contribution in [0.15, 0.2) is 18.2 Å². The molecule has 0 fully saturated rings. The number of nitrogens with one attached hydrogen (secondary N) is 3. The zero-order valence-corrected chi connectivity index (χ0v) is 19.0. The van der Waals surface area contributed by atoms with Gasteiger partial charge >= 0.3 is 12.0 Å². The summed E-state index contributed by atoms with van der Waals surface area (Å²) in [4.78, 5) is 48.7. The first-order valence-electron chi connectivity index (χ1n) is 9.69. The van der Waals surface area contributed by atoms with Crippen LogP contribution in [0.4, 0.5) is 4.79 Å². The molecule has 1 atom stereocenters. The maximum atomic E-state index is 12.7. The van der Waals surface area contributed by atoms with E-state index in [1.54, 1.807) is 40.7 Å². The van der Waals surface area contributed by atoms with Crippen molar-refractivity contribution in [3.05, 3.63) is 23.8 Å². The predicted molar refractivity (Wildman–Crippen MR) is 113 cm³/mol.